The van der Waals surface area contributed by atoms with Crippen molar-refractivity contribution in [1.29, 1.82) is 0 Å². The number of rotatable bonds is 8. The van der Waals surface area contributed by atoms with Gasteiger partial charge in [-0.05, 0) is 12.1 Å². The summed E-state index contributed by atoms with van der Waals surface area (Å²) in [6.45, 7) is -1.31. The first-order valence-corrected chi connectivity index (χ1v) is 7.01. The Kier molecular flexibility index (Phi) is 7.84. The minimum atomic E-state index is -2.72. The summed E-state index contributed by atoms with van der Waals surface area (Å²) in [5, 5.41) is 2.06. The van der Waals surface area contributed by atoms with E-state index in [9.17, 15) is 22.8 Å². The number of halogens is 4. The predicted molar refractivity (Wildman–Crippen MR) is 78.2 cm³/mol. The van der Waals surface area contributed by atoms with Gasteiger partial charge in [-0.2, -0.15) is 0 Å². The molecule has 5 nitrogen and oxygen atoms in total. The van der Waals surface area contributed by atoms with E-state index < -0.39 is 42.7 Å². The van der Waals surface area contributed by atoms with Gasteiger partial charge in [-0.25, -0.2) is 13.2 Å². The SMILES string of the molecule is COCCN(CC(F)F)C(=O)CNC(=O)c1c(F)cccc1Cl. The number of ether oxygens (including phenoxy) is 1. The maximum absolute atomic E-state index is 13.6. The number of carbonyl (C=O) groups is 2. The Morgan fingerprint density at radius 1 is 1.39 bits per heavy atom. The minimum Gasteiger partial charge on any atom is -0.383 e. The number of benzene rings is 1. The normalized spacial score (nSPS) is 10.7. The molecular formula is C14H16ClF3N2O3. The van der Waals surface area contributed by atoms with E-state index in [1.807, 2.05) is 0 Å². The Morgan fingerprint density at radius 2 is 2.09 bits per heavy atom. The summed E-state index contributed by atoms with van der Waals surface area (Å²) < 4.78 is 43.2. The third-order valence-electron chi connectivity index (χ3n) is 2.87. The topological polar surface area (TPSA) is 58.6 Å². The first kappa shape index (κ1) is 19.2. The van der Waals surface area contributed by atoms with Gasteiger partial charge in [-0.3, -0.25) is 9.59 Å². The molecule has 23 heavy (non-hydrogen) atoms. The molecule has 0 aliphatic heterocycles. The van der Waals surface area contributed by atoms with Crippen LogP contribution in [0, 0.1) is 5.82 Å². The highest BCUT2D eigenvalue weighted by Gasteiger charge is 2.20. The molecule has 0 bridgehead atoms. The van der Waals surface area contributed by atoms with Crippen LogP contribution in [0.3, 0.4) is 0 Å². The zero-order chi connectivity index (χ0) is 17.4. The van der Waals surface area contributed by atoms with Crippen molar-refractivity contribution in [1.82, 2.24) is 10.2 Å². The fourth-order valence-corrected chi connectivity index (χ4v) is 2.01. The molecule has 0 saturated heterocycles. The van der Waals surface area contributed by atoms with Crippen molar-refractivity contribution in [2.45, 2.75) is 6.43 Å². The smallest absolute Gasteiger partial charge is 0.256 e. The average Bonchev–Trinajstić information content (AvgIpc) is 2.48. The summed E-state index contributed by atoms with van der Waals surface area (Å²) in [4.78, 5) is 24.6. The van der Waals surface area contributed by atoms with Crippen LogP contribution >= 0.6 is 11.6 Å². The first-order chi connectivity index (χ1) is 10.9. The molecule has 0 radical (unpaired) electrons. The van der Waals surface area contributed by atoms with Crippen molar-refractivity contribution in [3.05, 3.63) is 34.6 Å². The molecule has 0 fully saturated rings. The Bertz CT molecular complexity index is 538. The van der Waals surface area contributed by atoms with Gasteiger partial charge in [0.25, 0.3) is 12.3 Å². The van der Waals surface area contributed by atoms with Crippen molar-refractivity contribution in [3.63, 3.8) is 0 Å². The number of methoxy groups -OCH3 is 1. The number of hydrogen-bond donors (Lipinski definition) is 1. The van der Waals surface area contributed by atoms with Crippen LogP contribution in [0.2, 0.25) is 5.02 Å². The lowest BCUT2D eigenvalue weighted by atomic mass is 10.2. The molecule has 1 aromatic carbocycles. The van der Waals surface area contributed by atoms with E-state index in [1.54, 1.807) is 0 Å². The number of amides is 2. The van der Waals surface area contributed by atoms with Crippen molar-refractivity contribution in [2.24, 2.45) is 0 Å². The molecule has 0 unspecified atom stereocenters. The van der Waals surface area contributed by atoms with E-state index in [0.717, 1.165) is 11.0 Å². The van der Waals surface area contributed by atoms with Gasteiger partial charge in [-0.15, -0.1) is 0 Å². The summed E-state index contributed by atoms with van der Waals surface area (Å²) in [5.41, 5.74) is -0.403. The molecule has 0 saturated carbocycles. The fraction of sp³-hybridized carbons (Fsp3) is 0.429. The molecule has 128 valence electrons. The van der Waals surface area contributed by atoms with Gasteiger partial charge in [0.05, 0.1) is 30.3 Å². The maximum atomic E-state index is 13.6. The lowest BCUT2D eigenvalue weighted by Crippen LogP contribution is -2.43. The van der Waals surface area contributed by atoms with Crippen LogP contribution in [-0.4, -0.2) is 56.5 Å². The Hall–Kier alpha value is -1.80. The molecule has 0 heterocycles. The highest BCUT2D eigenvalue weighted by Crippen LogP contribution is 2.18. The lowest BCUT2D eigenvalue weighted by molar-refractivity contribution is -0.132. The van der Waals surface area contributed by atoms with Crippen molar-refractivity contribution in [2.75, 3.05) is 33.4 Å². The number of nitrogens with zero attached hydrogens (tertiary/aromatic N) is 1. The van der Waals surface area contributed by atoms with Gasteiger partial charge in [0.2, 0.25) is 5.91 Å². The van der Waals surface area contributed by atoms with Crippen molar-refractivity contribution < 1.29 is 27.5 Å². The average molecular weight is 353 g/mol. The third-order valence-corrected chi connectivity index (χ3v) is 3.18. The van der Waals surface area contributed by atoms with Gasteiger partial charge in [0.15, 0.2) is 0 Å². The second kappa shape index (κ2) is 9.36. The van der Waals surface area contributed by atoms with Crippen LogP contribution in [0.15, 0.2) is 18.2 Å². The second-order valence-corrected chi connectivity index (χ2v) is 4.91. The van der Waals surface area contributed by atoms with Crippen LogP contribution in [0.1, 0.15) is 10.4 Å². The minimum absolute atomic E-state index is 0.0456. The number of hydrogen-bond acceptors (Lipinski definition) is 3. The van der Waals surface area contributed by atoms with Crippen LogP contribution in [0.5, 0.6) is 0 Å². The summed E-state index contributed by atoms with van der Waals surface area (Å²) >= 11 is 5.73. The quantitative estimate of drug-likeness (QED) is 0.778. The van der Waals surface area contributed by atoms with Gasteiger partial charge >= 0.3 is 0 Å². The third kappa shape index (κ3) is 6.07. The van der Waals surface area contributed by atoms with Gasteiger partial charge in [-0.1, -0.05) is 17.7 Å². The lowest BCUT2D eigenvalue weighted by Gasteiger charge is -2.22. The van der Waals surface area contributed by atoms with Crippen LogP contribution in [-0.2, 0) is 9.53 Å². The summed E-state index contributed by atoms with van der Waals surface area (Å²) in [5.74, 6) is -2.47. The van der Waals surface area contributed by atoms with Crippen molar-refractivity contribution in [3.8, 4) is 0 Å². The molecule has 9 heteroatoms. The fourth-order valence-electron chi connectivity index (χ4n) is 1.76. The highest BCUT2D eigenvalue weighted by atomic mass is 35.5. The second-order valence-electron chi connectivity index (χ2n) is 4.50. The number of carbonyl (C=O) groups excluding carboxylic acids is 2. The summed E-state index contributed by atoms with van der Waals surface area (Å²) in [7, 11) is 1.37. The summed E-state index contributed by atoms with van der Waals surface area (Å²) in [6.07, 6.45) is -2.72. The number of nitrogens with one attached hydrogen (secondary N) is 1. The van der Waals surface area contributed by atoms with Crippen LogP contribution in [0.4, 0.5) is 13.2 Å². The van der Waals surface area contributed by atoms with Crippen molar-refractivity contribution >= 4 is 23.4 Å². The predicted octanol–water partition coefficient (Wildman–Crippen LogP) is 1.95. The first-order valence-electron chi connectivity index (χ1n) is 6.64. The van der Waals surface area contributed by atoms with E-state index in [-0.39, 0.29) is 18.2 Å². The standard InChI is InChI=1S/C14H16ClF3N2O3/c1-23-6-5-20(8-11(17)18)12(21)7-19-14(22)13-9(15)3-2-4-10(13)16/h2-4,11H,5-8H2,1H3,(H,19,22). The zero-order valence-electron chi connectivity index (χ0n) is 12.3. The van der Waals surface area contributed by atoms with Crippen LogP contribution in [0.25, 0.3) is 0 Å². The molecule has 1 N–H and O–H groups in total. The maximum Gasteiger partial charge on any atom is 0.256 e. The molecule has 0 aliphatic rings. The monoisotopic (exact) mass is 352 g/mol. The highest BCUT2D eigenvalue weighted by molar-refractivity contribution is 6.33. The number of alkyl halides is 2. The van der Waals surface area contributed by atoms with Gasteiger partial charge in [0.1, 0.15) is 5.82 Å². The van der Waals surface area contributed by atoms with E-state index in [2.05, 4.69) is 5.32 Å². The molecule has 1 rings (SSSR count). The Balaban J connectivity index is 2.67. The molecule has 0 spiro atoms. The van der Waals surface area contributed by atoms with Crippen LogP contribution < -0.4 is 5.32 Å². The van der Waals surface area contributed by atoms with E-state index >= 15 is 0 Å². The molecule has 1 aromatic rings. The van der Waals surface area contributed by atoms with Gasteiger partial charge < -0.3 is 15.0 Å². The van der Waals surface area contributed by atoms with E-state index in [0.29, 0.717) is 0 Å². The zero-order valence-corrected chi connectivity index (χ0v) is 13.1. The summed E-state index contributed by atoms with van der Waals surface area (Å²) in [6, 6.07) is 3.70. The van der Waals surface area contributed by atoms with E-state index in [1.165, 1.54) is 19.2 Å². The molecule has 0 aromatic heterocycles. The Morgan fingerprint density at radius 3 is 2.65 bits per heavy atom. The Labute approximate surface area is 136 Å². The van der Waals surface area contributed by atoms with Gasteiger partial charge in [0, 0.05) is 13.7 Å². The molecule has 2 amide bonds. The molecule has 0 atom stereocenters. The van der Waals surface area contributed by atoms with E-state index in [4.69, 9.17) is 16.3 Å². The molecular weight excluding hydrogens is 337 g/mol. The largest absolute Gasteiger partial charge is 0.383 e. The molecule has 0 aliphatic carbocycles.